The Morgan fingerprint density at radius 3 is 2.66 bits per heavy atom. The first kappa shape index (κ1) is 21.5. The van der Waals surface area contributed by atoms with E-state index in [0.29, 0.717) is 5.65 Å². The van der Waals surface area contributed by atoms with Gasteiger partial charge in [0.1, 0.15) is 5.75 Å². The van der Waals surface area contributed by atoms with Gasteiger partial charge < -0.3 is 10.4 Å². The molecule has 2 N–H and O–H groups in total. The van der Waals surface area contributed by atoms with Crippen molar-refractivity contribution in [2.45, 2.75) is 32.2 Å². The fraction of sp³-hybridized carbons (Fsp3) is 0.238. The number of anilines is 1. The quantitative estimate of drug-likeness (QED) is 0.428. The summed E-state index contributed by atoms with van der Waals surface area (Å²) in [4.78, 5) is 17.1. The molecule has 0 aliphatic rings. The van der Waals surface area contributed by atoms with E-state index in [1.165, 1.54) is 31.2 Å². The standard InChI is InChI=1S/C21H22N6O4S/c1-4-26-13(3)15(12-23-26)18-8-9-22-20-11-17(25-27(18)20)21(29)24-16-10-14(6-7-19(16)28)32(30,31)5-2/h6-12,28H,4-5H2,1-3H3,(H,24,29). The van der Waals surface area contributed by atoms with Gasteiger partial charge in [0.2, 0.25) is 0 Å². The smallest absolute Gasteiger partial charge is 0.276 e. The maximum Gasteiger partial charge on any atom is 0.276 e. The van der Waals surface area contributed by atoms with Crippen LogP contribution in [-0.4, -0.2) is 49.6 Å². The average Bonchev–Trinajstić information content (AvgIpc) is 3.38. The van der Waals surface area contributed by atoms with Gasteiger partial charge in [0, 0.05) is 30.1 Å². The number of phenolic OH excluding ortho intramolecular Hbond substituents is 1. The first-order valence-electron chi connectivity index (χ1n) is 9.99. The Labute approximate surface area is 184 Å². The maximum atomic E-state index is 12.8. The minimum Gasteiger partial charge on any atom is -0.506 e. The van der Waals surface area contributed by atoms with Gasteiger partial charge in [0.15, 0.2) is 21.2 Å². The molecule has 3 heterocycles. The van der Waals surface area contributed by atoms with E-state index in [0.717, 1.165) is 23.5 Å². The second-order valence-electron chi connectivity index (χ2n) is 7.13. The van der Waals surface area contributed by atoms with Crippen LogP contribution in [-0.2, 0) is 16.4 Å². The maximum absolute atomic E-state index is 12.8. The first-order valence-corrected chi connectivity index (χ1v) is 11.6. The van der Waals surface area contributed by atoms with E-state index in [9.17, 15) is 18.3 Å². The van der Waals surface area contributed by atoms with Crippen LogP contribution in [0.3, 0.4) is 0 Å². The van der Waals surface area contributed by atoms with Crippen molar-refractivity contribution in [3.05, 3.63) is 54.1 Å². The number of aromatic nitrogens is 5. The number of hydrogen-bond acceptors (Lipinski definition) is 7. The molecule has 3 aromatic heterocycles. The SMILES string of the molecule is CCn1ncc(-c2ccnc3cc(C(=O)Nc4cc(S(=O)(=O)CC)ccc4O)nn23)c1C. The van der Waals surface area contributed by atoms with Gasteiger partial charge >= 0.3 is 0 Å². The van der Waals surface area contributed by atoms with Crippen LogP contribution in [0.1, 0.15) is 30.0 Å². The molecule has 0 spiro atoms. The number of rotatable bonds is 6. The van der Waals surface area contributed by atoms with E-state index in [2.05, 4.69) is 20.5 Å². The van der Waals surface area contributed by atoms with Crippen LogP contribution in [0.25, 0.3) is 16.9 Å². The van der Waals surface area contributed by atoms with E-state index in [1.54, 1.807) is 23.0 Å². The van der Waals surface area contributed by atoms with Crippen LogP contribution in [0.15, 0.2) is 47.6 Å². The summed E-state index contributed by atoms with van der Waals surface area (Å²) < 4.78 is 27.7. The molecule has 0 radical (unpaired) electrons. The van der Waals surface area contributed by atoms with Crippen molar-refractivity contribution in [3.63, 3.8) is 0 Å². The highest BCUT2D eigenvalue weighted by molar-refractivity contribution is 7.91. The highest BCUT2D eigenvalue weighted by Crippen LogP contribution is 2.28. The number of benzene rings is 1. The van der Waals surface area contributed by atoms with Gasteiger partial charge in [0.25, 0.3) is 5.91 Å². The lowest BCUT2D eigenvalue weighted by Gasteiger charge is -2.08. The van der Waals surface area contributed by atoms with E-state index < -0.39 is 15.7 Å². The first-order chi connectivity index (χ1) is 15.2. The molecule has 0 bridgehead atoms. The molecule has 10 nitrogen and oxygen atoms in total. The molecule has 0 atom stereocenters. The second kappa shape index (κ2) is 8.08. The van der Waals surface area contributed by atoms with Crippen LogP contribution in [0.5, 0.6) is 5.75 Å². The molecule has 1 aromatic carbocycles. The number of phenols is 1. The Morgan fingerprint density at radius 2 is 1.97 bits per heavy atom. The number of carbonyl (C=O) groups is 1. The van der Waals surface area contributed by atoms with Gasteiger partial charge in [-0.15, -0.1) is 0 Å². The third-order valence-corrected chi connectivity index (χ3v) is 6.96. The lowest BCUT2D eigenvalue weighted by molar-refractivity contribution is 0.102. The molecule has 11 heteroatoms. The molecule has 0 aliphatic heterocycles. The summed E-state index contributed by atoms with van der Waals surface area (Å²) in [5.41, 5.74) is 3.06. The molecular formula is C21H22N6O4S. The normalized spacial score (nSPS) is 11.7. The van der Waals surface area contributed by atoms with E-state index in [4.69, 9.17) is 0 Å². The molecule has 4 rings (SSSR count). The van der Waals surface area contributed by atoms with Crippen molar-refractivity contribution < 1.29 is 18.3 Å². The number of aromatic hydroxyl groups is 1. The van der Waals surface area contributed by atoms with Gasteiger partial charge in [0.05, 0.1) is 28.2 Å². The highest BCUT2D eigenvalue weighted by atomic mass is 32.2. The van der Waals surface area contributed by atoms with Crippen LogP contribution in [0.4, 0.5) is 5.69 Å². The summed E-state index contributed by atoms with van der Waals surface area (Å²) in [6.07, 6.45) is 3.37. The van der Waals surface area contributed by atoms with Gasteiger partial charge in [-0.05, 0) is 38.1 Å². The molecule has 0 fully saturated rings. The Balaban J connectivity index is 1.70. The number of hydrogen-bond donors (Lipinski definition) is 2. The van der Waals surface area contributed by atoms with Gasteiger partial charge in [-0.25, -0.2) is 17.9 Å². The minimum absolute atomic E-state index is 0.00969. The number of amides is 1. The van der Waals surface area contributed by atoms with Gasteiger partial charge in [-0.1, -0.05) is 6.92 Å². The topological polar surface area (TPSA) is 131 Å². The van der Waals surface area contributed by atoms with E-state index in [1.807, 2.05) is 18.5 Å². The summed E-state index contributed by atoms with van der Waals surface area (Å²) in [6.45, 7) is 6.20. The molecular weight excluding hydrogens is 432 g/mol. The van der Waals surface area contributed by atoms with Crippen LogP contribution >= 0.6 is 0 Å². The third-order valence-electron chi connectivity index (χ3n) is 5.22. The molecule has 32 heavy (non-hydrogen) atoms. The fourth-order valence-corrected chi connectivity index (χ4v) is 4.29. The summed E-state index contributed by atoms with van der Waals surface area (Å²) in [7, 11) is -3.50. The Morgan fingerprint density at radius 1 is 1.19 bits per heavy atom. The van der Waals surface area contributed by atoms with Crippen molar-refractivity contribution in [1.29, 1.82) is 0 Å². The number of fused-ring (bicyclic) bond motifs is 1. The third kappa shape index (κ3) is 3.71. The summed E-state index contributed by atoms with van der Waals surface area (Å²) in [5.74, 6) is -0.956. The van der Waals surface area contributed by atoms with Crippen LogP contribution in [0, 0.1) is 6.92 Å². The van der Waals surface area contributed by atoms with Crippen molar-refractivity contribution in [3.8, 4) is 17.0 Å². The number of nitrogens with zero attached hydrogens (tertiary/aromatic N) is 5. The molecule has 166 valence electrons. The predicted molar refractivity (Wildman–Crippen MR) is 118 cm³/mol. The molecule has 0 saturated heterocycles. The van der Waals surface area contributed by atoms with E-state index >= 15 is 0 Å². The van der Waals surface area contributed by atoms with Crippen molar-refractivity contribution in [2.24, 2.45) is 0 Å². The molecule has 1 amide bonds. The Hall–Kier alpha value is -3.73. The number of sulfone groups is 1. The van der Waals surface area contributed by atoms with Crippen molar-refractivity contribution in [2.75, 3.05) is 11.1 Å². The number of nitrogens with one attached hydrogen (secondary N) is 1. The van der Waals surface area contributed by atoms with Gasteiger partial charge in [-0.3, -0.25) is 9.48 Å². The highest BCUT2D eigenvalue weighted by Gasteiger charge is 2.19. The van der Waals surface area contributed by atoms with Crippen LogP contribution < -0.4 is 5.32 Å². The molecule has 4 aromatic rings. The monoisotopic (exact) mass is 454 g/mol. The molecule has 0 aliphatic carbocycles. The number of carbonyl (C=O) groups excluding carboxylic acids is 1. The average molecular weight is 455 g/mol. The molecule has 0 unspecified atom stereocenters. The zero-order valence-electron chi connectivity index (χ0n) is 17.8. The van der Waals surface area contributed by atoms with E-state index in [-0.39, 0.29) is 27.8 Å². The Kier molecular flexibility index (Phi) is 5.43. The van der Waals surface area contributed by atoms with Crippen molar-refractivity contribution in [1.82, 2.24) is 24.4 Å². The molecule has 0 saturated carbocycles. The Bertz CT molecular complexity index is 1440. The van der Waals surface area contributed by atoms with Crippen molar-refractivity contribution >= 4 is 27.1 Å². The lowest BCUT2D eigenvalue weighted by Crippen LogP contribution is -2.14. The predicted octanol–water partition coefficient (Wildman–Crippen LogP) is 2.67. The lowest BCUT2D eigenvalue weighted by atomic mass is 10.2. The fourth-order valence-electron chi connectivity index (χ4n) is 3.39. The number of aryl methyl sites for hydroxylation is 1. The van der Waals surface area contributed by atoms with Gasteiger partial charge in [-0.2, -0.15) is 10.2 Å². The summed E-state index contributed by atoms with van der Waals surface area (Å²) >= 11 is 0. The largest absolute Gasteiger partial charge is 0.506 e. The second-order valence-corrected chi connectivity index (χ2v) is 9.40. The zero-order chi connectivity index (χ0) is 23.0. The summed E-state index contributed by atoms with van der Waals surface area (Å²) in [5, 5.41) is 21.4. The van der Waals surface area contributed by atoms with Crippen LogP contribution in [0.2, 0.25) is 0 Å². The summed E-state index contributed by atoms with van der Waals surface area (Å²) in [6, 6.07) is 7.06. The zero-order valence-corrected chi connectivity index (χ0v) is 18.6. The minimum atomic E-state index is -3.50.